The number of ether oxygens (including phenoxy) is 1. The minimum atomic E-state index is -0.392. The highest BCUT2D eigenvalue weighted by Crippen LogP contribution is 2.08. The number of aromatic nitrogens is 1. The van der Waals surface area contributed by atoms with Gasteiger partial charge in [-0.15, -0.1) is 0 Å². The molecule has 1 heterocycles. The maximum absolute atomic E-state index is 11.7. The zero-order valence-electron chi connectivity index (χ0n) is 12.9. The van der Waals surface area contributed by atoms with Crippen molar-refractivity contribution in [1.29, 1.82) is 0 Å². The Balaban J connectivity index is 2.35. The SMILES string of the molecule is COC(=O)C(CC(C)C)NCCC(=O)Nc1cc(C)on1. The smallest absolute Gasteiger partial charge is 0.322 e. The van der Waals surface area contributed by atoms with E-state index in [1.165, 1.54) is 7.11 Å². The summed E-state index contributed by atoms with van der Waals surface area (Å²) in [5.74, 6) is 0.879. The van der Waals surface area contributed by atoms with Gasteiger partial charge in [-0.3, -0.25) is 9.59 Å². The summed E-state index contributed by atoms with van der Waals surface area (Å²) in [5, 5.41) is 9.34. The molecular formula is C14H23N3O4. The lowest BCUT2D eigenvalue weighted by Gasteiger charge is -2.18. The summed E-state index contributed by atoms with van der Waals surface area (Å²) >= 11 is 0. The van der Waals surface area contributed by atoms with E-state index in [2.05, 4.69) is 15.8 Å². The molecule has 0 aliphatic carbocycles. The second-order valence-electron chi connectivity index (χ2n) is 5.28. The fourth-order valence-electron chi connectivity index (χ4n) is 1.87. The second kappa shape index (κ2) is 8.41. The van der Waals surface area contributed by atoms with Crippen molar-refractivity contribution < 1.29 is 18.8 Å². The van der Waals surface area contributed by atoms with Gasteiger partial charge in [0.05, 0.1) is 7.11 Å². The Kier molecular flexibility index (Phi) is 6.87. The molecule has 1 unspecified atom stereocenters. The summed E-state index contributed by atoms with van der Waals surface area (Å²) in [4.78, 5) is 23.3. The van der Waals surface area contributed by atoms with Crippen molar-refractivity contribution >= 4 is 17.7 Å². The van der Waals surface area contributed by atoms with E-state index in [9.17, 15) is 9.59 Å². The Morgan fingerprint density at radius 3 is 2.67 bits per heavy atom. The highest BCUT2D eigenvalue weighted by molar-refractivity contribution is 5.89. The molecular weight excluding hydrogens is 274 g/mol. The van der Waals surface area contributed by atoms with Crippen molar-refractivity contribution in [3.8, 4) is 0 Å². The van der Waals surface area contributed by atoms with Gasteiger partial charge in [-0.2, -0.15) is 0 Å². The molecule has 0 radical (unpaired) electrons. The number of carbonyl (C=O) groups excluding carboxylic acids is 2. The number of nitrogens with zero attached hydrogens (tertiary/aromatic N) is 1. The highest BCUT2D eigenvalue weighted by atomic mass is 16.5. The topological polar surface area (TPSA) is 93.5 Å². The first-order valence-corrected chi connectivity index (χ1v) is 6.96. The van der Waals surface area contributed by atoms with Gasteiger partial charge in [-0.1, -0.05) is 19.0 Å². The number of methoxy groups -OCH3 is 1. The summed E-state index contributed by atoms with van der Waals surface area (Å²) in [7, 11) is 1.36. The lowest BCUT2D eigenvalue weighted by atomic mass is 10.0. The number of hydrogen-bond acceptors (Lipinski definition) is 6. The molecule has 1 rings (SSSR count). The van der Waals surface area contributed by atoms with Crippen molar-refractivity contribution in [2.75, 3.05) is 19.0 Å². The highest BCUT2D eigenvalue weighted by Gasteiger charge is 2.20. The Hall–Kier alpha value is -1.89. The fraction of sp³-hybridized carbons (Fsp3) is 0.643. The van der Waals surface area contributed by atoms with Gasteiger partial charge in [0.1, 0.15) is 11.8 Å². The molecule has 0 saturated heterocycles. The molecule has 1 aromatic heterocycles. The molecule has 1 amide bonds. The zero-order chi connectivity index (χ0) is 15.8. The fourth-order valence-corrected chi connectivity index (χ4v) is 1.87. The number of rotatable bonds is 8. The van der Waals surface area contributed by atoms with Crippen LogP contribution in [0.3, 0.4) is 0 Å². The zero-order valence-corrected chi connectivity index (χ0v) is 12.9. The van der Waals surface area contributed by atoms with Crippen molar-refractivity contribution in [1.82, 2.24) is 10.5 Å². The van der Waals surface area contributed by atoms with E-state index in [1.54, 1.807) is 13.0 Å². The summed E-state index contributed by atoms with van der Waals surface area (Å²) in [5.41, 5.74) is 0. The monoisotopic (exact) mass is 297 g/mol. The van der Waals surface area contributed by atoms with Gasteiger partial charge >= 0.3 is 5.97 Å². The Bertz CT molecular complexity index is 471. The molecule has 1 aromatic rings. The lowest BCUT2D eigenvalue weighted by molar-refractivity contribution is -0.143. The van der Waals surface area contributed by atoms with Gasteiger partial charge in [-0.05, 0) is 19.3 Å². The number of anilines is 1. The van der Waals surface area contributed by atoms with Crippen molar-refractivity contribution in [3.05, 3.63) is 11.8 Å². The maximum Gasteiger partial charge on any atom is 0.322 e. The average Bonchev–Trinajstić information content (AvgIpc) is 2.81. The van der Waals surface area contributed by atoms with E-state index in [4.69, 9.17) is 9.26 Å². The van der Waals surface area contributed by atoms with Crippen LogP contribution in [0.4, 0.5) is 5.82 Å². The molecule has 0 bridgehead atoms. The normalized spacial score (nSPS) is 12.2. The van der Waals surface area contributed by atoms with Crippen LogP contribution in [0.1, 0.15) is 32.4 Å². The first-order valence-electron chi connectivity index (χ1n) is 6.96. The van der Waals surface area contributed by atoms with E-state index >= 15 is 0 Å². The third-order valence-corrected chi connectivity index (χ3v) is 2.83. The summed E-state index contributed by atoms with van der Waals surface area (Å²) < 4.78 is 9.60. The van der Waals surface area contributed by atoms with Crippen molar-refractivity contribution in [2.24, 2.45) is 5.92 Å². The van der Waals surface area contributed by atoms with Crippen LogP contribution in [0, 0.1) is 12.8 Å². The molecule has 0 spiro atoms. The number of hydrogen-bond donors (Lipinski definition) is 2. The van der Waals surface area contributed by atoms with Gasteiger partial charge < -0.3 is 19.9 Å². The predicted octanol–water partition coefficient (Wildman–Crippen LogP) is 1.49. The van der Waals surface area contributed by atoms with Crippen LogP contribution in [-0.4, -0.2) is 36.7 Å². The van der Waals surface area contributed by atoms with Gasteiger partial charge in [0.2, 0.25) is 5.91 Å². The largest absolute Gasteiger partial charge is 0.468 e. The predicted molar refractivity (Wildman–Crippen MR) is 77.7 cm³/mol. The molecule has 0 fully saturated rings. The summed E-state index contributed by atoms with van der Waals surface area (Å²) in [6, 6.07) is 1.25. The minimum absolute atomic E-state index is 0.191. The van der Waals surface area contributed by atoms with E-state index in [0.29, 0.717) is 30.5 Å². The number of esters is 1. The maximum atomic E-state index is 11.7. The van der Waals surface area contributed by atoms with E-state index < -0.39 is 6.04 Å². The third-order valence-electron chi connectivity index (χ3n) is 2.83. The van der Waals surface area contributed by atoms with Gasteiger partial charge in [0.15, 0.2) is 5.82 Å². The summed E-state index contributed by atoms with van der Waals surface area (Å²) in [6.07, 6.45) is 0.897. The van der Waals surface area contributed by atoms with E-state index in [1.807, 2.05) is 13.8 Å². The molecule has 7 nitrogen and oxygen atoms in total. The van der Waals surface area contributed by atoms with Gasteiger partial charge in [0.25, 0.3) is 0 Å². The number of nitrogens with one attached hydrogen (secondary N) is 2. The molecule has 2 N–H and O–H groups in total. The van der Waals surface area contributed by atoms with Crippen LogP contribution in [0.15, 0.2) is 10.6 Å². The van der Waals surface area contributed by atoms with Crippen LogP contribution >= 0.6 is 0 Å². The Morgan fingerprint density at radius 2 is 2.14 bits per heavy atom. The van der Waals surface area contributed by atoms with Crippen LogP contribution in [0.5, 0.6) is 0 Å². The molecule has 118 valence electrons. The van der Waals surface area contributed by atoms with Crippen LogP contribution < -0.4 is 10.6 Å². The first kappa shape index (κ1) is 17.2. The van der Waals surface area contributed by atoms with Gasteiger partial charge in [-0.25, -0.2) is 0 Å². The first-order chi connectivity index (χ1) is 9.92. The quantitative estimate of drug-likeness (QED) is 0.706. The average molecular weight is 297 g/mol. The molecule has 0 aliphatic heterocycles. The van der Waals surface area contributed by atoms with E-state index in [-0.39, 0.29) is 18.3 Å². The van der Waals surface area contributed by atoms with Gasteiger partial charge in [0, 0.05) is 19.0 Å². The summed E-state index contributed by atoms with van der Waals surface area (Å²) in [6.45, 7) is 6.18. The van der Waals surface area contributed by atoms with Crippen LogP contribution in [-0.2, 0) is 14.3 Å². The Morgan fingerprint density at radius 1 is 1.43 bits per heavy atom. The number of amides is 1. The molecule has 0 aliphatic rings. The van der Waals surface area contributed by atoms with Crippen LogP contribution in [0.2, 0.25) is 0 Å². The molecule has 7 heteroatoms. The third kappa shape index (κ3) is 6.40. The number of carbonyl (C=O) groups is 2. The van der Waals surface area contributed by atoms with Crippen molar-refractivity contribution in [3.63, 3.8) is 0 Å². The van der Waals surface area contributed by atoms with Crippen LogP contribution in [0.25, 0.3) is 0 Å². The molecule has 0 aromatic carbocycles. The standard InChI is InChI=1S/C14H23N3O4/c1-9(2)7-11(14(19)20-4)15-6-5-13(18)16-12-8-10(3)21-17-12/h8-9,11,15H,5-7H2,1-4H3,(H,16,17,18). The number of aryl methyl sites for hydroxylation is 1. The molecule has 1 atom stereocenters. The molecule has 0 saturated carbocycles. The van der Waals surface area contributed by atoms with Crippen molar-refractivity contribution in [2.45, 2.75) is 39.7 Å². The van der Waals surface area contributed by atoms with E-state index in [0.717, 1.165) is 0 Å². The second-order valence-corrected chi connectivity index (χ2v) is 5.28. The molecule has 21 heavy (non-hydrogen) atoms. The lowest BCUT2D eigenvalue weighted by Crippen LogP contribution is -2.40. The Labute approximate surface area is 124 Å². The minimum Gasteiger partial charge on any atom is -0.468 e.